The van der Waals surface area contributed by atoms with Gasteiger partial charge in [-0.3, -0.25) is 4.68 Å². The number of likely N-dealkylation sites (N-methyl/N-ethyl adjacent to an activating group) is 1. The van der Waals surface area contributed by atoms with Crippen molar-refractivity contribution in [3.63, 3.8) is 0 Å². The number of halogens is 3. The van der Waals surface area contributed by atoms with E-state index in [4.69, 9.17) is 10.5 Å². The van der Waals surface area contributed by atoms with Crippen molar-refractivity contribution in [1.82, 2.24) is 19.7 Å². The number of ether oxygens (including phenoxy) is 1. The van der Waals surface area contributed by atoms with Crippen LogP contribution in [-0.4, -0.2) is 52.0 Å². The molecule has 5 rings (SSSR count). The van der Waals surface area contributed by atoms with Gasteiger partial charge in [0, 0.05) is 42.5 Å². The third-order valence-corrected chi connectivity index (χ3v) is 7.10. The zero-order chi connectivity index (χ0) is 22.1. The van der Waals surface area contributed by atoms with Crippen LogP contribution < -0.4 is 5.73 Å². The molecule has 2 saturated carbocycles. The van der Waals surface area contributed by atoms with Gasteiger partial charge in [-0.1, -0.05) is 0 Å². The second-order valence-corrected chi connectivity index (χ2v) is 9.68. The van der Waals surface area contributed by atoms with E-state index in [0.717, 1.165) is 44.3 Å². The summed E-state index contributed by atoms with van der Waals surface area (Å²) < 4.78 is 48.0. The molecule has 0 bridgehead atoms. The quantitative estimate of drug-likeness (QED) is 0.791. The molecule has 4 atom stereocenters. The van der Waals surface area contributed by atoms with Crippen LogP contribution in [0.4, 0.5) is 19.0 Å². The van der Waals surface area contributed by atoms with E-state index in [1.807, 2.05) is 24.6 Å². The third kappa shape index (κ3) is 3.51. The summed E-state index contributed by atoms with van der Waals surface area (Å²) in [5, 5.41) is 4.67. The summed E-state index contributed by atoms with van der Waals surface area (Å²) in [7, 11) is 2.14. The maximum absolute atomic E-state index is 13.3. The van der Waals surface area contributed by atoms with E-state index in [0.29, 0.717) is 29.0 Å². The highest BCUT2D eigenvalue weighted by atomic mass is 19.4. The van der Waals surface area contributed by atoms with Gasteiger partial charge >= 0.3 is 6.18 Å². The summed E-state index contributed by atoms with van der Waals surface area (Å²) in [5.74, 6) is 0.959. The van der Waals surface area contributed by atoms with Gasteiger partial charge in [0.15, 0.2) is 0 Å². The summed E-state index contributed by atoms with van der Waals surface area (Å²) in [6, 6.07) is 3.10. The van der Waals surface area contributed by atoms with Gasteiger partial charge in [0.1, 0.15) is 5.82 Å². The molecule has 1 unspecified atom stereocenters. The Morgan fingerprint density at radius 3 is 2.55 bits per heavy atom. The fraction of sp³-hybridized carbons (Fsp3) is 0.636. The Balaban J connectivity index is 1.43. The van der Waals surface area contributed by atoms with E-state index in [1.165, 1.54) is 6.20 Å². The van der Waals surface area contributed by atoms with Gasteiger partial charge in [-0.05, 0) is 57.7 Å². The second-order valence-electron chi connectivity index (χ2n) is 9.68. The summed E-state index contributed by atoms with van der Waals surface area (Å²) in [4.78, 5) is 6.11. The second kappa shape index (κ2) is 6.93. The van der Waals surface area contributed by atoms with Crippen molar-refractivity contribution >= 4 is 5.82 Å². The van der Waals surface area contributed by atoms with Gasteiger partial charge in [-0.25, -0.2) is 4.98 Å². The molecule has 2 aromatic heterocycles. The Bertz CT molecular complexity index is 990. The minimum Gasteiger partial charge on any atom is -0.383 e. The van der Waals surface area contributed by atoms with Crippen LogP contribution in [0.25, 0.3) is 11.3 Å². The number of hydrogen-bond acceptors (Lipinski definition) is 5. The molecule has 0 amide bonds. The highest BCUT2D eigenvalue weighted by Gasteiger charge is 2.63. The van der Waals surface area contributed by atoms with Gasteiger partial charge in [-0.2, -0.15) is 18.3 Å². The minimum atomic E-state index is -4.55. The molecule has 2 aromatic rings. The van der Waals surface area contributed by atoms with Gasteiger partial charge in [0.05, 0.1) is 23.5 Å². The highest BCUT2D eigenvalue weighted by Crippen LogP contribution is 2.67. The Morgan fingerprint density at radius 2 is 1.94 bits per heavy atom. The number of nitrogens with zero attached hydrogens (tertiary/aromatic N) is 4. The van der Waals surface area contributed by atoms with Crippen LogP contribution in [0.15, 0.2) is 18.3 Å². The Hall–Kier alpha value is -2.13. The smallest absolute Gasteiger partial charge is 0.383 e. The summed E-state index contributed by atoms with van der Waals surface area (Å²) >= 11 is 0. The van der Waals surface area contributed by atoms with Gasteiger partial charge < -0.3 is 15.4 Å². The van der Waals surface area contributed by atoms with Crippen LogP contribution >= 0.6 is 0 Å². The van der Waals surface area contributed by atoms with Crippen molar-refractivity contribution in [2.24, 2.45) is 11.8 Å². The molecule has 1 aliphatic heterocycles. The number of nitrogens with two attached hydrogens (primary N) is 1. The molecule has 0 aromatic carbocycles. The molecule has 1 saturated heterocycles. The molecule has 9 heteroatoms. The van der Waals surface area contributed by atoms with E-state index in [-0.39, 0.29) is 11.6 Å². The number of hydrogen-bond donors (Lipinski definition) is 1. The van der Waals surface area contributed by atoms with Crippen molar-refractivity contribution in [2.75, 3.05) is 32.5 Å². The maximum Gasteiger partial charge on any atom is 0.419 e. The van der Waals surface area contributed by atoms with Gasteiger partial charge in [0.2, 0.25) is 0 Å². The molecule has 2 N–H and O–H groups in total. The maximum atomic E-state index is 13.3. The molecule has 3 aliphatic rings. The first kappa shape index (κ1) is 20.8. The van der Waals surface area contributed by atoms with E-state index >= 15 is 0 Å². The van der Waals surface area contributed by atoms with Crippen LogP contribution in [0, 0.1) is 11.8 Å². The van der Waals surface area contributed by atoms with Crippen LogP contribution in [0.3, 0.4) is 0 Å². The van der Waals surface area contributed by atoms with Crippen LogP contribution in [0.2, 0.25) is 0 Å². The molecular formula is C22H28F3N5O. The van der Waals surface area contributed by atoms with Gasteiger partial charge in [0.25, 0.3) is 0 Å². The Kier molecular flexibility index (Phi) is 4.64. The van der Waals surface area contributed by atoms with Crippen LogP contribution in [0.1, 0.15) is 49.9 Å². The highest BCUT2D eigenvalue weighted by molar-refractivity contribution is 5.63. The normalized spacial score (nSPS) is 30.9. The fourth-order valence-electron chi connectivity index (χ4n) is 5.72. The molecule has 3 heterocycles. The number of nitrogen functional groups attached to an aromatic ring is 1. The summed E-state index contributed by atoms with van der Waals surface area (Å²) in [6.45, 7) is 6.81. The zero-order valence-corrected chi connectivity index (χ0v) is 18.0. The molecule has 2 aliphatic carbocycles. The zero-order valence-electron chi connectivity index (χ0n) is 18.0. The van der Waals surface area contributed by atoms with Gasteiger partial charge in [-0.15, -0.1) is 0 Å². The molecule has 168 valence electrons. The Labute approximate surface area is 179 Å². The van der Waals surface area contributed by atoms with Crippen LogP contribution in [-0.2, 0) is 10.9 Å². The molecule has 1 spiro atoms. The van der Waals surface area contributed by atoms with E-state index in [1.54, 1.807) is 0 Å². The number of aromatic nitrogens is 3. The average molecular weight is 435 g/mol. The number of alkyl halides is 3. The molecule has 31 heavy (non-hydrogen) atoms. The van der Waals surface area contributed by atoms with E-state index in [9.17, 15) is 13.2 Å². The summed E-state index contributed by atoms with van der Waals surface area (Å²) in [5.41, 5.74) is 6.45. The van der Waals surface area contributed by atoms with E-state index in [2.05, 4.69) is 22.0 Å². The first-order valence-electron chi connectivity index (χ1n) is 10.8. The predicted octanol–water partition coefficient (Wildman–Crippen LogP) is 3.95. The number of rotatable bonds is 3. The number of anilines is 1. The number of morpholine rings is 1. The molecular weight excluding hydrogens is 407 g/mol. The number of pyridine rings is 1. The third-order valence-electron chi connectivity index (χ3n) is 7.10. The molecule has 0 radical (unpaired) electrons. The predicted molar refractivity (Wildman–Crippen MR) is 110 cm³/mol. The van der Waals surface area contributed by atoms with Crippen molar-refractivity contribution < 1.29 is 17.9 Å². The van der Waals surface area contributed by atoms with Crippen molar-refractivity contribution in [1.29, 1.82) is 0 Å². The van der Waals surface area contributed by atoms with Crippen LogP contribution in [0.5, 0.6) is 0 Å². The lowest BCUT2D eigenvalue weighted by atomic mass is 9.91. The standard InChI is InChI=1S/C22H28F3N5O/c1-12(2)30-18(19-14-8-21(9-15(14)19)11-29(3)4-5-31-21)7-17(28-30)13-6-16(22(23,24)25)20(26)27-10-13/h6-7,10,12,14-15,19H,4-5,8-9,11H2,1-3H3,(H2,26,27)/t14-,15+,19+,21?. The molecule has 6 nitrogen and oxygen atoms in total. The average Bonchev–Trinajstić information content (AvgIpc) is 3.03. The SMILES string of the molecule is CC(C)n1nc(-c2cnc(N)c(C(F)(F)F)c2)cc1[C@H]1[C@@H]2CC3(C[C@@H]21)CN(C)CCO3. The van der Waals surface area contributed by atoms with Crippen molar-refractivity contribution in [3.05, 3.63) is 29.6 Å². The fourth-order valence-corrected chi connectivity index (χ4v) is 5.72. The largest absolute Gasteiger partial charge is 0.419 e. The topological polar surface area (TPSA) is 69.2 Å². The van der Waals surface area contributed by atoms with Crippen molar-refractivity contribution in [3.8, 4) is 11.3 Å². The Morgan fingerprint density at radius 1 is 1.23 bits per heavy atom. The first-order valence-corrected chi connectivity index (χ1v) is 10.8. The minimum absolute atomic E-state index is 0.0349. The summed E-state index contributed by atoms with van der Waals surface area (Å²) in [6.07, 6.45) is -1.11. The van der Waals surface area contributed by atoms with E-state index < -0.39 is 17.6 Å². The van der Waals surface area contributed by atoms with Crippen molar-refractivity contribution in [2.45, 2.75) is 50.4 Å². The number of fused-ring (bicyclic) bond motifs is 1. The monoisotopic (exact) mass is 435 g/mol. The first-order chi connectivity index (χ1) is 14.6. The lowest BCUT2D eigenvalue weighted by Crippen LogP contribution is -2.49. The lowest BCUT2D eigenvalue weighted by Gasteiger charge is -2.40. The molecule has 3 fully saturated rings. The lowest BCUT2D eigenvalue weighted by molar-refractivity contribution is -0.137.